The zero-order valence-corrected chi connectivity index (χ0v) is 15.9. The maximum atomic E-state index is 5.27. The first-order chi connectivity index (χ1) is 12.8. The molecule has 0 amide bonds. The van der Waals surface area contributed by atoms with Crippen LogP contribution >= 0.6 is 0 Å². The maximum absolute atomic E-state index is 5.27. The minimum atomic E-state index is 0.453. The normalized spacial score (nSPS) is 19.2. The lowest BCUT2D eigenvalue weighted by Gasteiger charge is -2.45. The van der Waals surface area contributed by atoms with Crippen molar-refractivity contribution in [3.05, 3.63) is 54.1 Å². The highest BCUT2D eigenvalue weighted by Gasteiger charge is 2.28. The van der Waals surface area contributed by atoms with E-state index in [1.54, 1.807) is 7.11 Å². The average molecular weight is 351 g/mol. The molecule has 1 saturated heterocycles. The fourth-order valence-electron chi connectivity index (χ4n) is 4.29. The van der Waals surface area contributed by atoms with Crippen LogP contribution in [0.1, 0.15) is 18.9 Å². The second kappa shape index (κ2) is 7.58. The molecule has 26 heavy (non-hydrogen) atoms. The number of hydrogen-bond acceptors (Lipinski definition) is 4. The van der Waals surface area contributed by atoms with Crippen molar-refractivity contribution in [2.45, 2.75) is 25.9 Å². The van der Waals surface area contributed by atoms with Crippen LogP contribution in [0.5, 0.6) is 5.75 Å². The van der Waals surface area contributed by atoms with E-state index in [4.69, 9.17) is 4.74 Å². The largest absolute Gasteiger partial charge is 0.497 e. The SMILES string of the molecule is COc1ccc(N2CCN(C(C)N3CCCc4ccccc43)CC2)cc1. The van der Waals surface area contributed by atoms with E-state index in [1.807, 2.05) is 0 Å². The molecule has 0 saturated carbocycles. The van der Waals surface area contributed by atoms with Crippen molar-refractivity contribution in [1.29, 1.82) is 0 Å². The second-order valence-corrected chi connectivity index (χ2v) is 7.28. The van der Waals surface area contributed by atoms with Crippen molar-refractivity contribution in [2.75, 3.05) is 49.6 Å². The quantitative estimate of drug-likeness (QED) is 0.837. The van der Waals surface area contributed by atoms with Gasteiger partial charge in [0, 0.05) is 44.1 Å². The van der Waals surface area contributed by atoms with Crippen LogP contribution in [-0.4, -0.2) is 50.9 Å². The van der Waals surface area contributed by atoms with Gasteiger partial charge in [-0.1, -0.05) is 18.2 Å². The number of aryl methyl sites for hydroxylation is 1. The number of ether oxygens (including phenoxy) is 1. The number of methoxy groups -OCH3 is 1. The highest BCUT2D eigenvalue weighted by atomic mass is 16.5. The zero-order chi connectivity index (χ0) is 17.9. The van der Waals surface area contributed by atoms with Crippen molar-refractivity contribution in [2.24, 2.45) is 0 Å². The van der Waals surface area contributed by atoms with Gasteiger partial charge < -0.3 is 14.5 Å². The highest BCUT2D eigenvalue weighted by Crippen LogP contribution is 2.30. The van der Waals surface area contributed by atoms with Gasteiger partial charge in [-0.05, 0) is 55.7 Å². The van der Waals surface area contributed by atoms with Crippen LogP contribution in [-0.2, 0) is 6.42 Å². The van der Waals surface area contributed by atoms with Crippen LogP contribution in [0.3, 0.4) is 0 Å². The summed E-state index contributed by atoms with van der Waals surface area (Å²) < 4.78 is 5.27. The van der Waals surface area contributed by atoms with Crippen LogP contribution in [0.2, 0.25) is 0 Å². The molecule has 4 nitrogen and oxygen atoms in total. The molecule has 1 fully saturated rings. The van der Waals surface area contributed by atoms with Crippen LogP contribution in [0.25, 0.3) is 0 Å². The summed E-state index contributed by atoms with van der Waals surface area (Å²) in [5, 5.41) is 0. The lowest BCUT2D eigenvalue weighted by Crippen LogP contribution is -2.56. The molecule has 0 N–H and O–H groups in total. The van der Waals surface area contributed by atoms with E-state index in [9.17, 15) is 0 Å². The number of piperazine rings is 1. The maximum Gasteiger partial charge on any atom is 0.119 e. The third-order valence-electron chi connectivity index (χ3n) is 5.88. The number of rotatable bonds is 4. The monoisotopic (exact) mass is 351 g/mol. The molecule has 1 atom stereocenters. The van der Waals surface area contributed by atoms with Crippen LogP contribution in [0.15, 0.2) is 48.5 Å². The molecule has 2 aliphatic heterocycles. The van der Waals surface area contributed by atoms with Crippen molar-refractivity contribution < 1.29 is 4.74 Å². The Morgan fingerprint density at radius 1 is 0.885 bits per heavy atom. The van der Waals surface area contributed by atoms with Gasteiger partial charge >= 0.3 is 0 Å². The van der Waals surface area contributed by atoms with Crippen molar-refractivity contribution in [1.82, 2.24) is 4.90 Å². The predicted octanol–water partition coefficient (Wildman–Crippen LogP) is 3.62. The molecule has 4 rings (SSSR count). The Morgan fingerprint density at radius 2 is 1.62 bits per heavy atom. The van der Waals surface area contributed by atoms with E-state index in [-0.39, 0.29) is 0 Å². The second-order valence-electron chi connectivity index (χ2n) is 7.28. The lowest BCUT2D eigenvalue weighted by atomic mass is 10.0. The van der Waals surface area contributed by atoms with Gasteiger partial charge in [0.15, 0.2) is 0 Å². The molecule has 0 spiro atoms. The van der Waals surface area contributed by atoms with E-state index < -0.39 is 0 Å². The summed E-state index contributed by atoms with van der Waals surface area (Å²) in [6, 6.07) is 17.3. The van der Waals surface area contributed by atoms with Gasteiger partial charge in [-0.3, -0.25) is 4.90 Å². The van der Waals surface area contributed by atoms with Gasteiger partial charge in [0.2, 0.25) is 0 Å². The Hall–Kier alpha value is -2.20. The van der Waals surface area contributed by atoms with E-state index >= 15 is 0 Å². The van der Waals surface area contributed by atoms with E-state index in [1.165, 1.54) is 29.8 Å². The first kappa shape index (κ1) is 17.2. The van der Waals surface area contributed by atoms with E-state index in [0.29, 0.717) is 6.17 Å². The minimum absolute atomic E-state index is 0.453. The van der Waals surface area contributed by atoms with Crippen molar-refractivity contribution in [3.63, 3.8) is 0 Å². The summed E-state index contributed by atoms with van der Waals surface area (Å²) in [5.74, 6) is 0.921. The topological polar surface area (TPSA) is 19.0 Å². The predicted molar refractivity (Wildman–Crippen MR) is 108 cm³/mol. The number of nitrogens with zero attached hydrogens (tertiary/aromatic N) is 3. The molecule has 0 bridgehead atoms. The van der Waals surface area contributed by atoms with Gasteiger partial charge in [0.25, 0.3) is 0 Å². The fraction of sp³-hybridized carbons (Fsp3) is 0.455. The summed E-state index contributed by atoms with van der Waals surface area (Å²) in [4.78, 5) is 7.71. The summed E-state index contributed by atoms with van der Waals surface area (Å²) >= 11 is 0. The molecular formula is C22H29N3O. The molecule has 4 heteroatoms. The molecule has 0 aliphatic carbocycles. The molecule has 2 aromatic rings. The molecule has 1 unspecified atom stereocenters. The molecule has 0 aromatic heterocycles. The summed E-state index contributed by atoms with van der Waals surface area (Å²) in [6.45, 7) is 7.89. The third-order valence-corrected chi connectivity index (χ3v) is 5.88. The first-order valence-corrected chi connectivity index (χ1v) is 9.74. The highest BCUT2D eigenvalue weighted by molar-refractivity contribution is 5.56. The van der Waals surface area contributed by atoms with Crippen LogP contribution in [0, 0.1) is 0 Å². The Labute approximate surface area is 157 Å². The zero-order valence-electron chi connectivity index (χ0n) is 15.9. The van der Waals surface area contributed by atoms with Gasteiger partial charge in [-0.2, -0.15) is 0 Å². The Kier molecular flexibility index (Phi) is 5.02. The summed E-state index contributed by atoms with van der Waals surface area (Å²) in [6.07, 6.45) is 2.92. The van der Waals surface area contributed by atoms with Crippen molar-refractivity contribution in [3.8, 4) is 5.75 Å². The number of para-hydroxylation sites is 1. The summed E-state index contributed by atoms with van der Waals surface area (Å²) in [5.41, 5.74) is 4.23. The van der Waals surface area contributed by atoms with Gasteiger partial charge in [0.1, 0.15) is 5.75 Å². The molecule has 138 valence electrons. The molecular weight excluding hydrogens is 322 g/mol. The van der Waals surface area contributed by atoms with E-state index in [0.717, 1.165) is 38.5 Å². The van der Waals surface area contributed by atoms with Crippen LogP contribution in [0.4, 0.5) is 11.4 Å². The van der Waals surface area contributed by atoms with Gasteiger partial charge in [-0.25, -0.2) is 0 Å². The Bertz CT molecular complexity index is 722. The molecule has 2 heterocycles. The summed E-state index contributed by atoms with van der Waals surface area (Å²) in [7, 11) is 1.72. The number of fused-ring (bicyclic) bond motifs is 1. The third kappa shape index (κ3) is 3.38. The van der Waals surface area contributed by atoms with Gasteiger partial charge in [-0.15, -0.1) is 0 Å². The Morgan fingerprint density at radius 3 is 2.35 bits per heavy atom. The average Bonchev–Trinajstić information content (AvgIpc) is 2.73. The van der Waals surface area contributed by atoms with Gasteiger partial charge in [0.05, 0.1) is 13.3 Å². The molecule has 2 aromatic carbocycles. The standard InChI is InChI=1S/C22H29N3O/c1-18(25-13-5-7-19-6-3-4-8-22(19)25)23-14-16-24(17-15-23)20-9-11-21(26-2)12-10-20/h3-4,6,8-12,18H,5,7,13-17H2,1-2H3. The number of hydrogen-bond donors (Lipinski definition) is 0. The smallest absolute Gasteiger partial charge is 0.119 e. The first-order valence-electron chi connectivity index (χ1n) is 9.74. The minimum Gasteiger partial charge on any atom is -0.497 e. The molecule has 0 radical (unpaired) electrons. The fourth-order valence-corrected chi connectivity index (χ4v) is 4.29. The van der Waals surface area contributed by atoms with Crippen LogP contribution < -0.4 is 14.5 Å². The van der Waals surface area contributed by atoms with Crippen molar-refractivity contribution >= 4 is 11.4 Å². The molecule has 2 aliphatic rings. The number of benzene rings is 2. The Balaban J connectivity index is 1.40. The van der Waals surface area contributed by atoms with E-state index in [2.05, 4.69) is 70.2 Å². The lowest BCUT2D eigenvalue weighted by molar-refractivity contribution is 0.189. The number of anilines is 2.